The van der Waals surface area contributed by atoms with Crippen molar-refractivity contribution in [1.29, 1.82) is 0 Å². The van der Waals surface area contributed by atoms with Crippen LogP contribution in [0.3, 0.4) is 0 Å². The molecule has 0 aliphatic carbocycles. The molecule has 400 valence electrons. The highest BCUT2D eigenvalue weighted by Gasteiger charge is 2.26. The van der Waals surface area contributed by atoms with Crippen LogP contribution in [-0.2, 0) is 36.8 Å². The number of aryl methyl sites for hydroxylation is 1. The van der Waals surface area contributed by atoms with E-state index in [2.05, 4.69) is 73.1 Å². The number of hydrogen-bond donors (Lipinski definition) is 5. The van der Waals surface area contributed by atoms with E-state index >= 15 is 0 Å². The van der Waals surface area contributed by atoms with Gasteiger partial charge in [-0.1, -0.05) is 73.8 Å². The van der Waals surface area contributed by atoms with Crippen molar-refractivity contribution in [2.75, 3.05) is 49.7 Å². The summed E-state index contributed by atoms with van der Waals surface area (Å²) in [5, 5.41) is 13.5. The third kappa shape index (κ3) is 12.7. The zero-order chi connectivity index (χ0) is 55.8. The van der Waals surface area contributed by atoms with E-state index in [0.29, 0.717) is 68.9 Å². The van der Waals surface area contributed by atoms with Gasteiger partial charge in [0.2, 0.25) is 17.7 Å². The minimum absolute atomic E-state index is 0.107. The molecule has 4 heterocycles. The summed E-state index contributed by atoms with van der Waals surface area (Å²) >= 11 is 0. The number of rotatable bonds is 21. The molecule has 0 bridgehead atoms. The quantitative estimate of drug-likeness (QED) is 0.0260. The van der Waals surface area contributed by atoms with Crippen LogP contribution in [0, 0.1) is 6.92 Å². The van der Waals surface area contributed by atoms with E-state index in [1.807, 2.05) is 81.7 Å². The monoisotopic (exact) mass is 1050 g/mol. The Balaban J connectivity index is 1.35. The second-order valence-electron chi connectivity index (χ2n) is 19.8. The average molecular weight is 1050 g/mol. The molecule has 0 radical (unpaired) electrons. The number of H-pyrrole nitrogens is 1. The summed E-state index contributed by atoms with van der Waals surface area (Å²) in [5.41, 5.74) is 12.2. The molecule has 0 spiro atoms. The number of esters is 2. The molecule has 78 heavy (non-hydrogen) atoms. The Labute approximate surface area is 454 Å². The molecule has 5 N–H and O–H groups in total. The maximum absolute atomic E-state index is 13.7. The number of aromatic amines is 1. The number of benzene rings is 4. The van der Waals surface area contributed by atoms with Crippen molar-refractivity contribution in [3.05, 3.63) is 163 Å². The molecular weight excluding hydrogens is 983 g/mol. The first kappa shape index (κ1) is 55.1. The van der Waals surface area contributed by atoms with Crippen LogP contribution in [-0.4, -0.2) is 100 Å². The van der Waals surface area contributed by atoms with Crippen LogP contribution in [0.25, 0.3) is 66.8 Å². The molecular formula is C62H65N9O7. The summed E-state index contributed by atoms with van der Waals surface area (Å²) in [5.74, 6) is -1.96. The van der Waals surface area contributed by atoms with Gasteiger partial charge in [-0.25, -0.2) is 19.6 Å². The van der Waals surface area contributed by atoms with Gasteiger partial charge in [0.15, 0.2) is 0 Å². The van der Waals surface area contributed by atoms with Gasteiger partial charge in [-0.2, -0.15) is 0 Å². The van der Waals surface area contributed by atoms with Crippen LogP contribution in [0.1, 0.15) is 72.0 Å². The number of aromatic nitrogens is 4. The highest BCUT2D eigenvalue weighted by Crippen LogP contribution is 2.44. The summed E-state index contributed by atoms with van der Waals surface area (Å²) in [7, 11) is 4.08. The minimum atomic E-state index is -0.528. The molecule has 0 unspecified atom stereocenters. The van der Waals surface area contributed by atoms with Crippen molar-refractivity contribution in [3.63, 3.8) is 0 Å². The summed E-state index contributed by atoms with van der Waals surface area (Å²) in [4.78, 5) is 80.2. The number of carbonyl (C=O) groups is 5. The standard InChI is InChI=1S/C62H65N9O7/c1-11-53(73)67-51-31-44(16-13-38(51)7)56-50-30-47(62(76)78-37(5)6)34-66-60(50)71(58(56)42-17-14-40(15-18-42)25-28-70(9)10)35-45-20-19-43(32-52(45)68-54(74)12-2)55-49-29-46(61(75)77-36(3)4)33-65-59(49)69-57(55)41-21-23-48(24-22-41)64-27-26-63-39(8)72/h11-24,29-34,36-37,64H,1-2,25-28,35H2,3-10H3,(H,63,72)(H,65,69)(H,67,73)(H,68,74). The lowest BCUT2D eigenvalue weighted by Crippen LogP contribution is -2.26. The Morgan fingerprint density at radius 1 is 0.692 bits per heavy atom. The van der Waals surface area contributed by atoms with Crippen LogP contribution in [0.15, 0.2) is 135 Å². The van der Waals surface area contributed by atoms with Crippen LogP contribution < -0.4 is 21.3 Å². The van der Waals surface area contributed by atoms with Crippen molar-refractivity contribution in [1.82, 2.24) is 29.7 Å². The van der Waals surface area contributed by atoms with Gasteiger partial charge in [-0.3, -0.25) is 14.4 Å². The summed E-state index contributed by atoms with van der Waals surface area (Å²) in [6, 6.07) is 31.4. The Morgan fingerprint density at radius 2 is 1.27 bits per heavy atom. The normalized spacial score (nSPS) is 11.3. The van der Waals surface area contributed by atoms with Gasteiger partial charge in [0.25, 0.3) is 0 Å². The van der Waals surface area contributed by atoms with Gasteiger partial charge in [-0.05, 0) is 143 Å². The van der Waals surface area contributed by atoms with Gasteiger partial charge in [0.05, 0.1) is 41.3 Å². The van der Waals surface area contributed by atoms with E-state index in [1.54, 1.807) is 39.8 Å². The van der Waals surface area contributed by atoms with E-state index in [9.17, 15) is 24.0 Å². The number of nitrogens with one attached hydrogen (secondary N) is 5. The van der Waals surface area contributed by atoms with E-state index in [0.717, 1.165) is 57.7 Å². The molecule has 8 aromatic rings. The summed E-state index contributed by atoms with van der Waals surface area (Å²) in [6.45, 7) is 20.0. The van der Waals surface area contributed by atoms with Crippen LogP contribution in [0.5, 0.6) is 0 Å². The van der Waals surface area contributed by atoms with Crippen LogP contribution in [0.2, 0.25) is 0 Å². The molecule has 4 aromatic carbocycles. The van der Waals surface area contributed by atoms with Crippen molar-refractivity contribution in [2.45, 2.75) is 66.7 Å². The number of anilines is 3. The first-order chi connectivity index (χ1) is 37.4. The van der Waals surface area contributed by atoms with Crippen molar-refractivity contribution in [3.8, 4) is 44.8 Å². The number of ether oxygens (including phenoxy) is 2. The van der Waals surface area contributed by atoms with Crippen LogP contribution >= 0.6 is 0 Å². The highest BCUT2D eigenvalue weighted by atomic mass is 16.5. The fourth-order valence-electron chi connectivity index (χ4n) is 9.16. The highest BCUT2D eigenvalue weighted by molar-refractivity contribution is 6.09. The molecule has 0 aliphatic heterocycles. The number of carbonyl (C=O) groups excluding carboxylic acids is 5. The van der Waals surface area contributed by atoms with Gasteiger partial charge in [0.1, 0.15) is 11.3 Å². The molecule has 16 heteroatoms. The smallest absolute Gasteiger partial charge is 0.339 e. The number of nitrogens with zero attached hydrogens (tertiary/aromatic N) is 4. The van der Waals surface area contributed by atoms with Gasteiger partial charge < -0.3 is 45.2 Å². The average Bonchev–Trinajstić information content (AvgIpc) is 4.20. The molecule has 0 aliphatic rings. The lowest BCUT2D eigenvalue weighted by atomic mass is 9.95. The van der Waals surface area contributed by atoms with E-state index in [1.165, 1.54) is 31.5 Å². The predicted octanol–water partition coefficient (Wildman–Crippen LogP) is 11.0. The number of likely N-dealkylation sites (N-methyl/N-ethyl adjacent to an activating group) is 1. The maximum Gasteiger partial charge on any atom is 0.339 e. The van der Waals surface area contributed by atoms with Crippen molar-refractivity contribution >= 4 is 68.8 Å². The van der Waals surface area contributed by atoms with E-state index < -0.39 is 17.8 Å². The molecule has 0 fully saturated rings. The third-order valence-electron chi connectivity index (χ3n) is 12.9. The van der Waals surface area contributed by atoms with Crippen LogP contribution in [0.4, 0.5) is 17.1 Å². The number of hydrogen-bond acceptors (Lipinski definition) is 11. The topological polar surface area (TPSA) is 202 Å². The van der Waals surface area contributed by atoms with Gasteiger partial charge in [0, 0.05) is 77.9 Å². The fraction of sp³-hybridized carbons (Fsp3) is 0.242. The molecule has 4 aromatic heterocycles. The molecule has 8 rings (SSSR count). The second-order valence-corrected chi connectivity index (χ2v) is 19.8. The van der Waals surface area contributed by atoms with Crippen molar-refractivity contribution < 1.29 is 33.4 Å². The van der Waals surface area contributed by atoms with Gasteiger partial charge in [-0.15, -0.1) is 0 Å². The number of fused-ring (bicyclic) bond motifs is 2. The van der Waals surface area contributed by atoms with Gasteiger partial charge >= 0.3 is 11.9 Å². The van der Waals surface area contributed by atoms with E-state index in [-0.39, 0.29) is 41.7 Å². The fourth-order valence-corrected chi connectivity index (χ4v) is 9.16. The lowest BCUT2D eigenvalue weighted by molar-refractivity contribution is -0.119. The molecule has 16 nitrogen and oxygen atoms in total. The zero-order valence-corrected chi connectivity index (χ0v) is 45.3. The molecule has 3 amide bonds. The minimum Gasteiger partial charge on any atom is -0.459 e. The first-order valence-electron chi connectivity index (χ1n) is 25.8. The largest absolute Gasteiger partial charge is 0.459 e. The number of amides is 3. The Hall–Kier alpha value is -9.15. The van der Waals surface area contributed by atoms with Crippen molar-refractivity contribution in [2.24, 2.45) is 0 Å². The zero-order valence-electron chi connectivity index (χ0n) is 45.3. The molecule has 0 saturated carbocycles. The second kappa shape index (κ2) is 24.2. The number of pyridine rings is 2. The maximum atomic E-state index is 13.7. The Morgan fingerprint density at radius 3 is 1.90 bits per heavy atom. The summed E-state index contributed by atoms with van der Waals surface area (Å²) in [6.07, 6.45) is 5.53. The van der Waals surface area contributed by atoms with E-state index in [4.69, 9.17) is 19.4 Å². The Kier molecular flexibility index (Phi) is 17.1. The summed E-state index contributed by atoms with van der Waals surface area (Å²) < 4.78 is 13.4. The molecule has 0 atom stereocenters. The molecule has 0 saturated heterocycles. The lowest BCUT2D eigenvalue weighted by Gasteiger charge is -2.18. The SMILES string of the molecule is C=CC(=O)Nc1cc(-c2c(-c3ccc(CCN(C)C)cc3)n(Cc3ccc(-c4c(-c5ccc(NCCNC(C)=O)cc5)[nH]c5ncc(C(=O)OC(C)C)cc45)cc3NC(=O)C=C)c3ncc(C(=O)OC(C)C)cc23)ccc1C. The third-order valence-corrected chi connectivity index (χ3v) is 12.9. The first-order valence-corrected chi connectivity index (χ1v) is 25.8. The Bertz CT molecular complexity index is 3590. The predicted molar refractivity (Wildman–Crippen MR) is 310 cm³/mol.